The molecule has 1 saturated carbocycles. The third kappa shape index (κ3) is 3.23. The van der Waals surface area contributed by atoms with Gasteiger partial charge >= 0.3 is 0 Å². The van der Waals surface area contributed by atoms with Crippen LogP contribution in [0, 0.1) is 5.92 Å². The molecule has 0 spiro atoms. The van der Waals surface area contributed by atoms with Gasteiger partial charge < -0.3 is 5.11 Å². The largest absolute Gasteiger partial charge is 0.385 e. The quantitative estimate of drug-likeness (QED) is 0.790. The number of aliphatic hydroxyl groups is 1. The molecule has 0 bridgehead atoms. The molecule has 1 nitrogen and oxygen atoms in total. The van der Waals surface area contributed by atoms with Gasteiger partial charge in [-0.25, -0.2) is 0 Å². The van der Waals surface area contributed by atoms with Gasteiger partial charge in [-0.3, -0.25) is 0 Å². The molecule has 2 atom stereocenters. The molecular formula is C16H21ClOZr. The van der Waals surface area contributed by atoms with Crippen LogP contribution in [0.4, 0.5) is 0 Å². The van der Waals surface area contributed by atoms with E-state index in [9.17, 15) is 5.11 Å². The Balaban J connectivity index is 0.000000902. The van der Waals surface area contributed by atoms with Crippen LogP contribution < -0.4 is 0 Å². The summed E-state index contributed by atoms with van der Waals surface area (Å²) in [6, 6.07) is 0. The van der Waals surface area contributed by atoms with Crippen molar-refractivity contribution < 1.29 is 31.3 Å². The molecule has 0 saturated heterocycles. The van der Waals surface area contributed by atoms with Crippen molar-refractivity contribution in [1.29, 1.82) is 0 Å². The Morgan fingerprint density at radius 1 is 1.05 bits per heavy atom. The maximum absolute atomic E-state index is 11.1. The first-order valence-corrected chi connectivity index (χ1v) is 6.75. The molecule has 0 aromatic rings. The summed E-state index contributed by atoms with van der Waals surface area (Å²) in [5.74, 6) is 0.345. The fraction of sp³-hybridized carbons (Fsp3) is 0.500. The topological polar surface area (TPSA) is 20.2 Å². The number of hydrogen-bond donors (Lipinski definition) is 1. The Morgan fingerprint density at radius 2 is 1.79 bits per heavy atom. The Kier molecular flexibility index (Phi) is 6.50. The Morgan fingerprint density at radius 3 is 2.42 bits per heavy atom. The summed E-state index contributed by atoms with van der Waals surface area (Å²) in [6.07, 6.45) is 19.4. The summed E-state index contributed by atoms with van der Waals surface area (Å²) in [5.41, 5.74) is 2.09. The molecule has 3 aliphatic carbocycles. The average Bonchev–Trinajstić information content (AvgIpc) is 3.03. The molecule has 1 N–H and O–H groups in total. The van der Waals surface area contributed by atoms with Crippen molar-refractivity contribution in [1.82, 2.24) is 0 Å². The molecule has 2 unspecified atom stereocenters. The van der Waals surface area contributed by atoms with Crippen molar-refractivity contribution in [3.8, 4) is 0 Å². The minimum atomic E-state index is -0.570. The van der Waals surface area contributed by atoms with E-state index < -0.39 is 5.60 Å². The van der Waals surface area contributed by atoms with E-state index in [0.717, 1.165) is 32.1 Å². The van der Waals surface area contributed by atoms with Gasteiger partial charge in [0, 0.05) is 32.1 Å². The van der Waals surface area contributed by atoms with Gasteiger partial charge in [0.25, 0.3) is 0 Å². The second-order valence-corrected chi connectivity index (χ2v) is 5.42. The summed E-state index contributed by atoms with van der Waals surface area (Å²) in [7, 11) is 0. The van der Waals surface area contributed by atoms with Crippen molar-refractivity contribution in [2.45, 2.75) is 44.1 Å². The molecule has 0 aromatic heterocycles. The van der Waals surface area contributed by atoms with Crippen molar-refractivity contribution in [3.05, 3.63) is 47.6 Å². The van der Waals surface area contributed by atoms with Gasteiger partial charge in [0.1, 0.15) is 0 Å². The summed E-state index contributed by atoms with van der Waals surface area (Å²) in [5, 5.41) is 11.1. The van der Waals surface area contributed by atoms with E-state index in [-0.39, 0.29) is 38.6 Å². The fourth-order valence-corrected chi connectivity index (χ4v) is 3.52. The van der Waals surface area contributed by atoms with E-state index in [0.29, 0.717) is 5.92 Å². The van der Waals surface area contributed by atoms with Crippen LogP contribution in [0.2, 0.25) is 0 Å². The molecule has 102 valence electrons. The van der Waals surface area contributed by atoms with E-state index in [1.54, 1.807) is 0 Å². The molecule has 1 fully saturated rings. The molecule has 0 radical (unpaired) electrons. The molecule has 0 aromatic carbocycles. The first-order chi connectivity index (χ1) is 8.31. The zero-order chi connectivity index (χ0) is 11.7. The maximum Gasteiger partial charge on any atom is 0.0928 e. The molecule has 3 aliphatic rings. The van der Waals surface area contributed by atoms with Gasteiger partial charge in [-0.15, -0.1) is 12.4 Å². The van der Waals surface area contributed by atoms with E-state index in [1.807, 2.05) is 0 Å². The van der Waals surface area contributed by atoms with Crippen LogP contribution >= 0.6 is 12.4 Å². The minimum Gasteiger partial charge on any atom is -0.385 e. The van der Waals surface area contributed by atoms with Crippen molar-refractivity contribution >= 4 is 12.4 Å². The van der Waals surface area contributed by atoms with Crippen LogP contribution in [0.5, 0.6) is 0 Å². The number of hydrogen-bond acceptors (Lipinski definition) is 1. The van der Waals surface area contributed by atoms with Gasteiger partial charge in [-0.2, -0.15) is 0 Å². The number of rotatable bonds is 2. The Bertz CT molecular complexity index is 436. The predicted octanol–water partition coefficient (Wildman–Crippen LogP) is 4.10. The molecule has 0 heterocycles. The summed E-state index contributed by atoms with van der Waals surface area (Å²) >= 11 is 0. The zero-order valence-electron chi connectivity index (χ0n) is 11.1. The molecule has 0 amide bonds. The summed E-state index contributed by atoms with van der Waals surface area (Å²) in [4.78, 5) is 0. The molecule has 19 heavy (non-hydrogen) atoms. The first kappa shape index (κ1) is 17.1. The van der Waals surface area contributed by atoms with E-state index in [4.69, 9.17) is 0 Å². The monoisotopic (exact) mass is 354 g/mol. The molecule has 0 aliphatic heterocycles. The SMILES string of the molecule is Cl.OC1(C2=CC=CC2)CCCCC1C1=CC=CC1.[Zr]. The molecule has 3 heteroatoms. The minimum absolute atomic E-state index is 0. The van der Waals surface area contributed by atoms with Crippen molar-refractivity contribution in [2.24, 2.45) is 5.92 Å². The van der Waals surface area contributed by atoms with E-state index in [2.05, 4.69) is 36.5 Å². The second-order valence-electron chi connectivity index (χ2n) is 5.42. The van der Waals surface area contributed by atoms with Gasteiger partial charge in [0.05, 0.1) is 5.60 Å². The van der Waals surface area contributed by atoms with Gasteiger partial charge in [-0.05, 0) is 31.3 Å². The summed E-state index contributed by atoms with van der Waals surface area (Å²) < 4.78 is 0. The van der Waals surface area contributed by atoms with E-state index in [1.165, 1.54) is 17.6 Å². The normalized spacial score (nSPS) is 32.4. The predicted molar refractivity (Wildman–Crippen MR) is 77.8 cm³/mol. The third-order valence-corrected chi connectivity index (χ3v) is 4.45. The second kappa shape index (κ2) is 7.20. The van der Waals surface area contributed by atoms with Gasteiger partial charge in [-0.1, -0.05) is 54.9 Å². The number of allylic oxidation sites excluding steroid dienone is 6. The third-order valence-electron chi connectivity index (χ3n) is 4.45. The van der Waals surface area contributed by atoms with Crippen LogP contribution in [0.25, 0.3) is 0 Å². The van der Waals surface area contributed by atoms with Gasteiger partial charge in [0.2, 0.25) is 0 Å². The van der Waals surface area contributed by atoms with Crippen molar-refractivity contribution in [2.75, 3.05) is 0 Å². The molecule has 3 rings (SSSR count). The van der Waals surface area contributed by atoms with Crippen LogP contribution in [0.15, 0.2) is 47.6 Å². The summed E-state index contributed by atoms with van der Waals surface area (Å²) in [6.45, 7) is 0. The Labute approximate surface area is 141 Å². The van der Waals surface area contributed by atoms with Crippen molar-refractivity contribution in [3.63, 3.8) is 0 Å². The Hall–Kier alpha value is 0.0931. The number of halogens is 1. The van der Waals surface area contributed by atoms with Crippen LogP contribution in [-0.2, 0) is 26.2 Å². The van der Waals surface area contributed by atoms with E-state index >= 15 is 0 Å². The first-order valence-electron chi connectivity index (χ1n) is 6.75. The van der Waals surface area contributed by atoms with Gasteiger partial charge in [0.15, 0.2) is 0 Å². The fourth-order valence-electron chi connectivity index (χ4n) is 3.52. The smallest absolute Gasteiger partial charge is 0.0928 e. The zero-order valence-corrected chi connectivity index (χ0v) is 14.4. The maximum atomic E-state index is 11.1. The average molecular weight is 356 g/mol. The standard InChI is InChI=1S/C16H20O.ClH.Zr/c17-16(14-9-3-4-10-14)12-6-5-11-15(16)13-7-1-2-8-13;;/h1-4,7,9,15,17H,5-6,8,10-12H2;1H;. The molecular weight excluding hydrogens is 335 g/mol. The van der Waals surface area contributed by atoms with Crippen LogP contribution in [-0.4, -0.2) is 10.7 Å². The van der Waals surface area contributed by atoms with Crippen LogP contribution in [0.1, 0.15) is 38.5 Å². The van der Waals surface area contributed by atoms with Crippen LogP contribution in [0.3, 0.4) is 0 Å².